The zero-order valence-electron chi connectivity index (χ0n) is 11.5. The molecule has 1 fully saturated rings. The van der Waals surface area contributed by atoms with Crippen molar-refractivity contribution in [3.8, 4) is 0 Å². The van der Waals surface area contributed by atoms with E-state index in [1.807, 2.05) is 12.3 Å². The van der Waals surface area contributed by atoms with Crippen LogP contribution in [0.5, 0.6) is 0 Å². The number of aromatic nitrogens is 3. The number of hydrogen-bond donors (Lipinski definition) is 1. The Morgan fingerprint density at radius 1 is 1.57 bits per heavy atom. The number of rotatable bonds is 4. The second kappa shape index (κ2) is 6.56. The van der Waals surface area contributed by atoms with Gasteiger partial charge in [-0.05, 0) is 6.92 Å². The third-order valence-corrected chi connectivity index (χ3v) is 4.70. The van der Waals surface area contributed by atoms with E-state index in [0.717, 1.165) is 17.2 Å². The number of hydrogen-bond acceptors (Lipinski definition) is 8. The van der Waals surface area contributed by atoms with Crippen molar-refractivity contribution in [1.82, 2.24) is 20.1 Å². The Hall–Kier alpha value is -1.42. The first kappa shape index (κ1) is 14.5. The van der Waals surface area contributed by atoms with Gasteiger partial charge in [-0.2, -0.15) is 0 Å². The standard InChI is InChI=1S/C12H15N5O2S2/c1-8-6-20-11(14-8)9-4-17(2-3-19-9)5-10(18)15-12-16-13-7-21-12/h6-7,9H,2-5H2,1H3,(H,15,16,18)/t9-/m1/s1. The minimum atomic E-state index is -0.0808. The van der Waals surface area contributed by atoms with Crippen LogP contribution in [-0.4, -0.2) is 52.2 Å². The molecule has 0 spiro atoms. The monoisotopic (exact) mass is 325 g/mol. The minimum Gasteiger partial charge on any atom is -0.368 e. The summed E-state index contributed by atoms with van der Waals surface area (Å²) in [5.41, 5.74) is 2.59. The highest BCUT2D eigenvalue weighted by atomic mass is 32.1. The van der Waals surface area contributed by atoms with Crippen molar-refractivity contribution >= 4 is 33.7 Å². The van der Waals surface area contributed by atoms with Crippen LogP contribution in [0, 0.1) is 6.92 Å². The SMILES string of the molecule is Cc1csc([C@H]2CN(CC(=O)Nc3nncs3)CCO2)n1. The second-order valence-electron chi connectivity index (χ2n) is 4.71. The Kier molecular flexibility index (Phi) is 4.54. The van der Waals surface area contributed by atoms with Crippen LogP contribution in [-0.2, 0) is 9.53 Å². The number of nitrogens with zero attached hydrogens (tertiary/aromatic N) is 4. The van der Waals surface area contributed by atoms with E-state index in [0.29, 0.717) is 24.8 Å². The summed E-state index contributed by atoms with van der Waals surface area (Å²) < 4.78 is 5.75. The molecular formula is C12H15N5O2S2. The molecule has 0 bridgehead atoms. The van der Waals surface area contributed by atoms with Gasteiger partial charge >= 0.3 is 0 Å². The highest BCUT2D eigenvalue weighted by Crippen LogP contribution is 2.25. The number of morpholine rings is 1. The highest BCUT2D eigenvalue weighted by molar-refractivity contribution is 7.13. The summed E-state index contributed by atoms with van der Waals surface area (Å²) in [5, 5.41) is 13.7. The van der Waals surface area contributed by atoms with E-state index < -0.39 is 0 Å². The van der Waals surface area contributed by atoms with Crippen molar-refractivity contribution in [2.45, 2.75) is 13.0 Å². The van der Waals surface area contributed by atoms with E-state index >= 15 is 0 Å². The van der Waals surface area contributed by atoms with Crippen molar-refractivity contribution in [2.75, 3.05) is 31.6 Å². The molecule has 0 saturated carbocycles. The Morgan fingerprint density at radius 2 is 2.48 bits per heavy atom. The summed E-state index contributed by atoms with van der Waals surface area (Å²) in [4.78, 5) is 18.5. The number of ether oxygens (including phenoxy) is 1. The molecule has 2 aromatic rings. The number of thiazole rings is 1. The van der Waals surface area contributed by atoms with Gasteiger partial charge in [0.15, 0.2) is 0 Å². The van der Waals surface area contributed by atoms with Crippen molar-refractivity contribution < 1.29 is 9.53 Å². The lowest BCUT2D eigenvalue weighted by molar-refractivity contribution is -0.119. The van der Waals surface area contributed by atoms with Crippen molar-refractivity contribution in [2.24, 2.45) is 0 Å². The summed E-state index contributed by atoms with van der Waals surface area (Å²) in [7, 11) is 0. The molecule has 1 saturated heterocycles. The van der Waals surface area contributed by atoms with Crippen LogP contribution in [0.4, 0.5) is 5.13 Å². The van der Waals surface area contributed by atoms with Crippen LogP contribution < -0.4 is 5.32 Å². The van der Waals surface area contributed by atoms with Gasteiger partial charge in [-0.25, -0.2) is 4.98 Å². The molecule has 1 atom stereocenters. The van der Waals surface area contributed by atoms with Crippen LogP contribution in [0.2, 0.25) is 0 Å². The second-order valence-corrected chi connectivity index (χ2v) is 6.44. The maximum atomic E-state index is 12.0. The van der Waals surface area contributed by atoms with E-state index in [1.165, 1.54) is 11.3 Å². The van der Waals surface area contributed by atoms with Crippen LogP contribution in [0.3, 0.4) is 0 Å². The van der Waals surface area contributed by atoms with Gasteiger partial charge in [0.1, 0.15) is 16.6 Å². The van der Waals surface area contributed by atoms with Crippen molar-refractivity contribution in [3.05, 3.63) is 21.6 Å². The molecule has 1 amide bonds. The third kappa shape index (κ3) is 3.82. The van der Waals surface area contributed by atoms with E-state index in [-0.39, 0.29) is 12.0 Å². The Morgan fingerprint density at radius 3 is 3.19 bits per heavy atom. The molecule has 0 unspecified atom stereocenters. The Balaban J connectivity index is 1.55. The molecule has 2 aromatic heterocycles. The zero-order chi connectivity index (χ0) is 14.7. The van der Waals surface area contributed by atoms with Gasteiger partial charge in [0.05, 0.1) is 13.2 Å². The first-order valence-electron chi connectivity index (χ1n) is 6.53. The van der Waals surface area contributed by atoms with Crippen LogP contribution in [0.25, 0.3) is 0 Å². The minimum absolute atomic E-state index is 0.0493. The fraction of sp³-hybridized carbons (Fsp3) is 0.500. The lowest BCUT2D eigenvalue weighted by Gasteiger charge is -2.31. The van der Waals surface area contributed by atoms with Gasteiger partial charge in [0, 0.05) is 24.2 Å². The summed E-state index contributed by atoms with van der Waals surface area (Å²) in [5.74, 6) is -0.0808. The van der Waals surface area contributed by atoms with Crippen molar-refractivity contribution in [1.29, 1.82) is 0 Å². The van der Waals surface area contributed by atoms with Crippen LogP contribution >= 0.6 is 22.7 Å². The third-order valence-electron chi connectivity index (χ3n) is 3.04. The average molecular weight is 325 g/mol. The van der Waals surface area contributed by atoms with Gasteiger partial charge < -0.3 is 4.74 Å². The predicted octanol–water partition coefficient (Wildman–Crippen LogP) is 1.32. The normalized spacial score (nSPS) is 19.6. The number of nitrogens with one attached hydrogen (secondary N) is 1. The molecule has 1 aliphatic rings. The molecule has 0 aliphatic carbocycles. The Labute approximate surface area is 130 Å². The quantitative estimate of drug-likeness (QED) is 0.913. The van der Waals surface area contributed by atoms with E-state index in [2.05, 4.69) is 25.4 Å². The lowest BCUT2D eigenvalue weighted by Crippen LogP contribution is -2.42. The fourth-order valence-electron chi connectivity index (χ4n) is 2.11. The molecule has 7 nitrogen and oxygen atoms in total. The molecule has 0 radical (unpaired) electrons. The number of aryl methyl sites for hydroxylation is 1. The smallest absolute Gasteiger partial charge is 0.240 e. The Bertz CT molecular complexity index is 601. The van der Waals surface area contributed by atoms with Gasteiger partial charge in [-0.1, -0.05) is 11.3 Å². The molecule has 21 heavy (non-hydrogen) atoms. The summed E-state index contributed by atoms with van der Waals surface area (Å²) in [6.07, 6.45) is -0.0493. The van der Waals surface area contributed by atoms with Crippen LogP contribution in [0.1, 0.15) is 16.8 Å². The number of carbonyl (C=O) groups excluding carboxylic acids is 1. The topological polar surface area (TPSA) is 80.2 Å². The number of amides is 1. The van der Waals surface area contributed by atoms with Crippen LogP contribution in [0.15, 0.2) is 10.9 Å². The molecule has 1 aliphatic heterocycles. The van der Waals surface area contributed by atoms with E-state index in [9.17, 15) is 4.79 Å². The average Bonchev–Trinajstić information content (AvgIpc) is 3.10. The lowest BCUT2D eigenvalue weighted by atomic mass is 10.2. The largest absolute Gasteiger partial charge is 0.368 e. The van der Waals surface area contributed by atoms with E-state index in [1.54, 1.807) is 16.8 Å². The van der Waals surface area contributed by atoms with Gasteiger partial charge in [-0.15, -0.1) is 21.5 Å². The summed E-state index contributed by atoms with van der Waals surface area (Å²) >= 11 is 2.91. The zero-order valence-corrected chi connectivity index (χ0v) is 13.1. The van der Waals surface area contributed by atoms with Gasteiger partial charge in [0.2, 0.25) is 11.0 Å². The maximum Gasteiger partial charge on any atom is 0.240 e. The summed E-state index contributed by atoms with van der Waals surface area (Å²) in [6, 6.07) is 0. The summed E-state index contributed by atoms with van der Waals surface area (Å²) in [6.45, 7) is 4.32. The molecule has 112 valence electrons. The van der Waals surface area contributed by atoms with E-state index in [4.69, 9.17) is 4.74 Å². The maximum absolute atomic E-state index is 12.0. The highest BCUT2D eigenvalue weighted by Gasteiger charge is 2.25. The number of carbonyl (C=O) groups is 1. The molecule has 1 N–H and O–H groups in total. The molecular weight excluding hydrogens is 310 g/mol. The number of anilines is 1. The first-order valence-corrected chi connectivity index (χ1v) is 8.28. The predicted molar refractivity (Wildman–Crippen MR) is 80.5 cm³/mol. The molecule has 9 heteroatoms. The van der Waals surface area contributed by atoms with Gasteiger partial charge in [-0.3, -0.25) is 15.0 Å². The van der Waals surface area contributed by atoms with Gasteiger partial charge in [0.25, 0.3) is 0 Å². The first-order chi connectivity index (χ1) is 10.2. The fourth-order valence-corrected chi connectivity index (χ4v) is 3.40. The van der Waals surface area contributed by atoms with Crippen molar-refractivity contribution in [3.63, 3.8) is 0 Å². The molecule has 3 rings (SSSR count). The molecule has 0 aromatic carbocycles. The molecule has 3 heterocycles.